The van der Waals surface area contributed by atoms with Gasteiger partial charge in [0.15, 0.2) is 11.5 Å². The van der Waals surface area contributed by atoms with Gasteiger partial charge in [-0.2, -0.15) is 0 Å². The van der Waals surface area contributed by atoms with E-state index < -0.39 is 0 Å². The zero-order valence-corrected chi connectivity index (χ0v) is 17.6. The summed E-state index contributed by atoms with van der Waals surface area (Å²) in [5.74, 6) is 1.26. The summed E-state index contributed by atoms with van der Waals surface area (Å²) in [6, 6.07) is 15.6. The van der Waals surface area contributed by atoms with Crippen molar-refractivity contribution in [2.75, 3.05) is 17.2 Å². The third-order valence-electron chi connectivity index (χ3n) is 5.28. The molecular weight excluding hydrogens is 400 g/mol. The van der Waals surface area contributed by atoms with Crippen LogP contribution in [-0.4, -0.2) is 36.1 Å². The van der Waals surface area contributed by atoms with Crippen LogP contribution < -0.4 is 10.6 Å². The van der Waals surface area contributed by atoms with Crippen molar-refractivity contribution in [3.8, 4) is 22.4 Å². The van der Waals surface area contributed by atoms with Crippen molar-refractivity contribution < 1.29 is 0 Å². The van der Waals surface area contributed by atoms with E-state index in [2.05, 4.69) is 36.9 Å². The molecule has 0 spiro atoms. The average molecular weight is 422 g/mol. The first-order valence-electron chi connectivity index (χ1n) is 10.4. The van der Waals surface area contributed by atoms with E-state index in [0.29, 0.717) is 18.0 Å². The lowest BCUT2D eigenvalue weighted by Crippen LogP contribution is -2.24. The number of anilines is 2. The van der Waals surface area contributed by atoms with Crippen molar-refractivity contribution in [1.29, 1.82) is 0 Å². The maximum absolute atomic E-state index is 6.22. The fraction of sp³-hybridized carbons (Fsp3) is 0.125. The lowest BCUT2D eigenvalue weighted by molar-refractivity contribution is 0.795. The van der Waals surface area contributed by atoms with E-state index >= 15 is 0 Å². The van der Waals surface area contributed by atoms with E-state index in [0.717, 1.165) is 40.4 Å². The Morgan fingerprint density at radius 3 is 2.47 bits per heavy atom. The number of fused-ring (bicyclic) bond motifs is 1. The van der Waals surface area contributed by atoms with Gasteiger partial charge in [-0.15, -0.1) is 5.10 Å². The van der Waals surface area contributed by atoms with E-state index in [4.69, 9.17) is 5.73 Å². The third-order valence-corrected chi connectivity index (χ3v) is 5.28. The number of nitrogens with two attached hydrogens (primary N) is 1. The van der Waals surface area contributed by atoms with Crippen molar-refractivity contribution in [3.05, 3.63) is 85.2 Å². The number of hydrogen-bond acceptors (Lipinski definition) is 7. The van der Waals surface area contributed by atoms with Gasteiger partial charge in [-0.25, -0.2) is 14.5 Å². The topological polar surface area (TPSA) is 98.1 Å². The molecule has 0 aliphatic rings. The molecule has 0 radical (unpaired) electrons. The van der Waals surface area contributed by atoms with E-state index in [9.17, 15) is 0 Å². The quantitative estimate of drug-likeness (QED) is 0.444. The van der Waals surface area contributed by atoms with Gasteiger partial charge in [0.1, 0.15) is 5.82 Å². The molecule has 0 unspecified atom stereocenters. The standard InChI is InChI=1S/C24H22N8/c1-2-31(16-18-8-3-5-11-26-18)23-19(9-7-13-28-23)17-14-29-24-21(20-10-4-6-12-27-20)22(25)30-32(24)15-17/h3-15H,2,16H2,1H3,(H2,25,30). The lowest BCUT2D eigenvalue weighted by atomic mass is 10.1. The summed E-state index contributed by atoms with van der Waals surface area (Å²) >= 11 is 0. The fourth-order valence-electron chi connectivity index (χ4n) is 3.75. The van der Waals surface area contributed by atoms with Gasteiger partial charge >= 0.3 is 0 Å². The second-order valence-corrected chi connectivity index (χ2v) is 7.30. The SMILES string of the molecule is CCN(Cc1ccccn1)c1ncccc1-c1cnc2c(-c3ccccn3)c(N)nn2c1. The minimum absolute atomic E-state index is 0.394. The van der Waals surface area contributed by atoms with Crippen LogP contribution in [0.5, 0.6) is 0 Å². The van der Waals surface area contributed by atoms with Gasteiger partial charge in [-0.05, 0) is 43.3 Å². The van der Waals surface area contributed by atoms with Crippen LogP contribution in [0.1, 0.15) is 12.6 Å². The van der Waals surface area contributed by atoms with Crippen LogP contribution in [0, 0.1) is 0 Å². The minimum atomic E-state index is 0.394. The first-order valence-corrected chi connectivity index (χ1v) is 10.4. The van der Waals surface area contributed by atoms with Crippen LogP contribution in [0.25, 0.3) is 28.0 Å². The highest BCUT2D eigenvalue weighted by molar-refractivity contribution is 5.85. The van der Waals surface area contributed by atoms with Gasteiger partial charge in [-0.3, -0.25) is 9.97 Å². The van der Waals surface area contributed by atoms with Gasteiger partial charge < -0.3 is 10.6 Å². The highest BCUT2D eigenvalue weighted by atomic mass is 15.3. The second-order valence-electron chi connectivity index (χ2n) is 7.30. The summed E-state index contributed by atoms with van der Waals surface area (Å²) in [6.07, 6.45) is 9.10. The normalized spacial score (nSPS) is 11.0. The number of nitrogen functional groups attached to an aromatic ring is 1. The second kappa shape index (κ2) is 8.43. The molecule has 32 heavy (non-hydrogen) atoms. The predicted octanol–water partition coefficient (Wildman–Crippen LogP) is 3.86. The maximum Gasteiger partial charge on any atom is 0.166 e. The van der Waals surface area contributed by atoms with Gasteiger partial charge in [0.25, 0.3) is 0 Å². The molecule has 0 saturated heterocycles. The van der Waals surface area contributed by atoms with Crippen molar-refractivity contribution >= 4 is 17.3 Å². The molecule has 8 heteroatoms. The lowest BCUT2D eigenvalue weighted by Gasteiger charge is -2.24. The van der Waals surface area contributed by atoms with Crippen molar-refractivity contribution in [2.45, 2.75) is 13.5 Å². The van der Waals surface area contributed by atoms with Crippen LogP contribution >= 0.6 is 0 Å². The minimum Gasteiger partial charge on any atom is -0.382 e. The Bertz CT molecular complexity index is 1350. The first kappa shape index (κ1) is 19.6. The number of nitrogens with zero attached hydrogens (tertiary/aromatic N) is 7. The largest absolute Gasteiger partial charge is 0.382 e. The molecule has 5 heterocycles. The molecule has 5 aromatic rings. The van der Waals surface area contributed by atoms with Crippen molar-refractivity contribution in [2.24, 2.45) is 0 Å². The highest BCUT2D eigenvalue weighted by Gasteiger charge is 2.18. The molecule has 0 atom stereocenters. The Kier molecular flexibility index (Phi) is 5.17. The summed E-state index contributed by atoms with van der Waals surface area (Å²) in [7, 11) is 0. The maximum atomic E-state index is 6.22. The molecule has 0 aliphatic carbocycles. The van der Waals surface area contributed by atoms with E-state index in [1.54, 1.807) is 16.9 Å². The van der Waals surface area contributed by atoms with Gasteiger partial charge in [0, 0.05) is 48.7 Å². The molecule has 5 rings (SSSR count). The van der Waals surface area contributed by atoms with Crippen molar-refractivity contribution in [3.63, 3.8) is 0 Å². The predicted molar refractivity (Wildman–Crippen MR) is 125 cm³/mol. The molecule has 5 aromatic heterocycles. The van der Waals surface area contributed by atoms with Gasteiger partial charge in [0.05, 0.1) is 23.5 Å². The monoisotopic (exact) mass is 422 g/mol. The zero-order chi connectivity index (χ0) is 21.9. The number of pyridine rings is 3. The summed E-state index contributed by atoms with van der Waals surface area (Å²) < 4.78 is 1.71. The van der Waals surface area contributed by atoms with Gasteiger partial charge in [-0.1, -0.05) is 12.1 Å². The Labute approximate surface area is 185 Å². The summed E-state index contributed by atoms with van der Waals surface area (Å²) in [4.78, 5) is 20.4. The summed E-state index contributed by atoms with van der Waals surface area (Å²) in [5.41, 5.74) is 11.2. The van der Waals surface area contributed by atoms with Crippen molar-refractivity contribution in [1.82, 2.24) is 29.5 Å². The Hall–Kier alpha value is -4.33. The number of rotatable bonds is 6. The Morgan fingerprint density at radius 2 is 1.72 bits per heavy atom. The van der Waals surface area contributed by atoms with Crippen LogP contribution in [0.2, 0.25) is 0 Å². The molecule has 2 N–H and O–H groups in total. The highest BCUT2D eigenvalue weighted by Crippen LogP contribution is 2.32. The molecule has 0 bridgehead atoms. The number of aromatic nitrogens is 6. The van der Waals surface area contributed by atoms with E-state index in [-0.39, 0.29) is 0 Å². The van der Waals surface area contributed by atoms with Crippen LogP contribution in [0.15, 0.2) is 79.5 Å². The number of hydrogen-bond donors (Lipinski definition) is 1. The molecule has 0 aromatic carbocycles. The fourth-order valence-corrected chi connectivity index (χ4v) is 3.75. The van der Waals surface area contributed by atoms with Crippen LogP contribution in [-0.2, 0) is 6.54 Å². The van der Waals surface area contributed by atoms with Crippen LogP contribution in [0.4, 0.5) is 11.6 Å². The summed E-state index contributed by atoms with van der Waals surface area (Å²) in [5, 5.41) is 4.49. The molecule has 8 nitrogen and oxygen atoms in total. The molecular formula is C24H22N8. The molecule has 0 aliphatic heterocycles. The molecule has 0 fully saturated rings. The Morgan fingerprint density at radius 1 is 0.906 bits per heavy atom. The third kappa shape index (κ3) is 3.62. The average Bonchev–Trinajstić information content (AvgIpc) is 3.18. The molecule has 158 valence electrons. The first-order chi connectivity index (χ1) is 15.7. The zero-order valence-electron chi connectivity index (χ0n) is 17.6. The van der Waals surface area contributed by atoms with Crippen LogP contribution in [0.3, 0.4) is 0 Å². The van der Waals surface area contributed by atoms with Gasteiger partial charge in [0.2, 0.25) is 0 Å². The molecule has 0 amide bonds. The Balaban J connectivity index is 1.56. The smallest absolute Gasteiger partial charge is 0.166 e. The van der Waals surface area contributed by atoms with E-state index in [1.165, 1.54) is 0 Å². The van der Waals surface area contributed by atoms with E-state index in [1.807, 2.05) is 67.1 Å². The molecule has 0 saturated carbocycles. The summed E-state index contributed by atoms with van der Waals surface area (Å²) in [6.45, 7) is 3.56.